The maximum atomic E-state index is 14.2. The molecule has 0 saturated heterocycles. The molecule has 0 aliphatic heterocycles. The van der Waals surface area contributed by atoms with Crippen LogP contribution in [0.4, 0.5) is 0 Å². The van der Waals surface area contributed by atoms with Crippen molar-refractivity contribution in [3.8, 4) is 0 Å². The lowest BCUT2D eigenvalue weighted by Gasteiger charge is -2.29. The van der Waals surface area contributed by atoms with Crippen molar-refractivity contribution in [2.24, 2.45) is 40.7 Å². The second-order valence-corrected chi connectivity index (χ2v) is 22.1. The minimum atomic E-state index is -1.94. The lowest BCUT2D eigenvalue weighted by atomic mass is 9.99. The maximum absolute atomic E-state index is 14.2. The molecule has 34 heteroatoms. The van der Waals surface area contributed by atoms with Crippen LogP contribution in [0, 0.1) is 17.8 Å². The van der Waals surface area contributed by atoms with E-state index in [2.05, 4.69) is 47.9 Å². The summed E-state index contributed by atoms with van der Waals surface area (Å²) in [5, 5.41) is 68.3. The minimum absolute atomic E-state index is 0.0161. The summed E-state index contributed by atoms with van der Waals surface area (Å²) in [7, 11) is 0. The molecule has 0 aromatic heterocycles. The summed E-state index contributed by atoms with van der Waals surface area (Å²) in [5.41, 5.74) is 22.1. The fraction of sp³-hybridized carbons (Fsp3) is 0.698. The zero-order valence-corrected chi connectivity index (χ0v) is 49.8. The van der Waals surface area contributed by atoms with Gasteiger partial charge in [0, 0.05) is 32.1 Å². The van der Waals surface area contributed by atoms with Crippen LogP contribution in [-0.4, -0.2) is 187 Å². The fourth-order valence-corrected chi connectivity index (χ4v) is 8.30. The van der Waals surface area contributed by atoms with E-state index in [1.807, 2.05) is 0 Å². The molecule has 10 atom stereocenters. The van der Waals surface area contributed by atoms with Crippen LogP contribution in [0.2, 0.25) is 0 Å². The fourth-order valence-electron chi connectivity index (χ4n) is 8.30. The summed E-state index contributed by atoms with van der Waals surface area (Å²) in [6, 6.07) is -16.5. The van der Waals surface area contributed by atoms with E-state index in [0.29, 0.717) is 6.42 Å². The lowest BCUT2D eigenvalue weighted by molar-refractivity contribution is -0.143. The zero-order valence-electron chi connectivity index (χ0n) is 49.8. The first kappa shape index (κ1) is 78.4. The van der Waals surface area contributed by atoms with Gasteiger partial charge in [0.05, 0.1) is 12.5 Å². The van der Waals surface area contributed by atoms with Gasteiger partial charge in [0.25, 0.3) is 0 Å². The Labute approximate surface area is 502 Å². The van der Waals surface area contributed by atoms with Crippen LogP contribution in [-0.2, 0) is 76.7 Å². The van der Waals surface area contributed by atoms with Crippen molar-refractivity contribution in [2.45, 2.75) is 211 Å². The van der Waals surface area contributed by atoms with Gasteiger partial charge in [0.2, 0.25) is 65.0 Å². The Morgan fingerprint density at radius 3 is 0.897 bits per heavy atom. The van der Waals surface area contributed by atoms with E-state index in [1.54, 1.807) is 41.5 Å². The van der Waals surface area contributed by atoms with Gasteiger partial charge >= 0.3 is 29.8 Å². The third-order valence-electron chi connectivity index (χ3n) is 12.8. The Kier molecular flexibility index (Phi) is 36.7. The highest BCUT2D eigenvalue weighted by Gasteiger charge is 2.37. The van der Waals surface area contributed by atoms with Crippen molar-refractivity contribution in [3.63, 3.8) is 0 Å². The summed E-state index contributed by atoms with van der Waals surface area (Å²) in [4.78, 5) is 207. The van der Waals surface area contributed by atoms with Gasteiger partial charge in [-0.1, -0.05) is 41.5 Å². The monoisotopic (exact) mass is 1240 g/mol. The van der Waals surface area contributed by atoms with E-state index < -0.39 is 225 Å². The van der Waals surface area contributed by atoms with Gasteiger partial charge in [0.15, 0.2) is 0 Å². The number of carbonyl (C=O) groups excluding carboxylic acids is 11. The Morgan fingerprint density at radius 1 is 0.322 bits per heavy atom. The number of unbranched alkanes of at least 4 members (excludes halogenated alkanes) is 1. The highest BCUT2D eigenvalue weighted by Crippen LogP contribution is 2.14. The van der Waals surface area contributed by atoms with Crippen LogP contribution in [0.25, 0.3) is 0 Å². The number of hydrogen-bond acceptors (Lipinski definition) is 18. The molecule has 0 radical (unpaired) electrons. The Balaban J connectivity index is 7.08. The van der Waals surface area contributed by atoms with Crippen LogP contribution in [0.1, 0.15) is 151 Å². The number of primary amides is 2. The smallest absolute Gasteiger partial charge is 0.326 e. The van der Waals surface area contributed by atoms with E-state index in [1.165, 1.54) is 0 Å². The summed E-state index contributed by atoms with van der Waals surface area (Å²) >= 11 is 0. The van der Waals surface area contributed by atoms with Gasteiger partial charge in [-0.2, -0.15) is 0 Å². The van der Waals surface area contributed by atoms with Gasteiger partial charge in [-0.25, -0.2) is 4.79 Å². The van der Waals surface area contributed by atoms with Crippen molar-refractivity contribution in [1.29, 1.82) is 0 Å². The second kappa shape index (κ2) is 40.7. The predicted molar refractivity (Wildman–Crippen MR) is 304 cm³/mol. The molecule has 11 amide bonds. The topological polar surface area (TPSA) is 587 Å². The van der Waals surface area contributed by atoms with Gasteiger partial charge in [-0.05, 0) is 94.9 Å². The molecule has 0 fully saturated rings. The normalized spacial score (nSPS) is 14.6. The van der Waals surface area contributed by atoms with Gasteiger partial charge in [-0.3, -0.25) is 71.9 Å². The molecule has 34 nitrogen and oxygen atoms in total. The number of hydrogen-bond donors (Lipinski definition) is 18. The molecule has 0 rings (SSSR count). The minimum Gasteiger partial charge on any atom is -0.481 e. The van der Waals surface area contributed by atoms with Crippen LogP contribution < -0.4 is 70.8 Å². The van der Waals surface area contributed by atoms with Crippen LogP contribution in [0.15, 0.2) is 0 Å². The Bertz CT molecular complexity index is 2420. The quantitative estimate of drug-likeness (QED) is 0.0256. The zero-order chi connectivity index (χ0) is 66.8. The largest absolute Gasteiger partial charge is 0.481 e. The number of carbonyl (C=O) groups is 16. The van der Waals surface area contributed by atoms with E-state index >= 15 is 0 Å². The van der Waals surface area contributed by atoms with E-state index in [9.17, 15) is 97.1 Å². The first-order valence-electron chi connectivity index (χ1n) is 28.3. The van der Waals surface area contributed by atoms with Crippen molar-refractivity contribution in [3.05, 3.63) is 0 Å². The average molecular weight is 1240 g/mol. The molecule has 0 aromatic carbocycles. The summed E-state index contributed by atoms with van der Waals surface area (Å²) in [6.07, 6.45) is -7.10. The number of rotatable bonds is 46. The number of carboxylic acid groups (broad SMARTS) is 5. The molecular formula is C53H89N13O21. The number of nitrogens with two attached hydrogens (primary N) is 4. The number of carboxylic acids is 5. The first-order chi connectivity index (χ1) is 40.5. The summed E-state index contributed by atoms with van der Waals surface area (Å²) in [6.45, 7) is 10.2. The number of amides is 11. The molecular weight excluding hydrogens is 1150 g/mol. The third kappa shape index (κ3) is 34.2. The highest BCUT2D eigenvalue weighted by atomic mass is 16.4. The lowest BCUT2D eigenvalue weighted by Crippen LogP contribution is -2.61. The molecule has 0 bridgehead atoms. The Hall–Kier alpha value is -8.56. The molecule has 0 heterocycles. The summed E-state index contributed by atoms with van der Waals surface area (Å²) < 4.78 is 0. The highest BCUT2D eigenvalue weighted by molar-refractivity contribution is 6.00. The molecule has 0 saturated carbocycles. The molecule has 87 heavy (non-hydrogen) atoms. The number of aliphatic carboxylic acids is 5. The maximum Gasteiger partial charge on any atom is 0.326 e. The predicted octanol–water partition coefficient (Wildman–Crippen LogP) is -4.37. The van der Waals surface area contributed by atoms with Gasteiger partial charge in [0.1, 0.15) is 54.4 Å². The van der Waals surface area contributed by atoms with Crippen LogP contribution >= 0.6 is 0 Å². The van der Waals surface area contributed by atoms with Crippen molar-refractivity contribution in [2.75, 3.05) is 6.54 Å². The first-order valence-corrected chi connectivity index (χ1v) is 28.3. The molecule has 492 valence electrons. The SMILES string of the molecule is CC(C)C[C@H](NC(=O)[C@H](CCC(=O)O)NC(=O)[C@H](CC(C)C)NC(=O)[C@H](CC(C)C)NC(=O)[C@H](CCC(=O)O)NC(=O)[C@H](CCC(N)=O)NC(=O)[C@H](CCC(=O)O)NC(=O)[C@H](CC(N)=O)NC(=O)[C@H](CCCCN)NC(=O)[C@@H](N)CCC(=O)O)C(=O)O. The molecule has 0 aliphatic carbocycles. The molecule has 0 unspecified atom stereocenters. The van der Waals surface area contributed by atoms with E-state index in [-0.39, 0.29) is 56.9 Å². The molecule has 0 aromatic rings. The van der Waals surface area contributed by atoms with Crippen molar-refractivity contribution in [1.82, 2.24) is 47.9 Å². The summed E-state index contributed by atoms with van der Waals surface area (Å²) in [5.74, 6) is -20.3. The van der Waals surface area contributed by atoms with Crippen molar-refractivity contribution < 1.29 is 102 Å². The molecule has 0 aliphatic rings. The standard InChI is InChI=1S/C53H89N13O21/c1-25(2)21-34(50(83)61-33(14-19-43(75)76)49(82)66-37(53(86)87)23-27(5)6)64-51(84)35(22-26(3)4)63-48(81)32(13-18-42(73)74)60-46(79)30(11-15-38(56)67)59-47(80)31(12-17-41(71)72)62-52(85)36(24-39(57)68)65-45(78)29(9-7-8-20-54)58-44(77)28(55)10-16-40(69)70/h25-37H,7-24,54-55H2,1-6H3,(H2,56,67)(H2,57,68)(H,58,77)(H,59,80)(H,60,79)(H,61,83)(H,62,85)(H,63,81)(H,64,84)(H,65,78)(H,66,82)(H,69,70)(H,71,72)(H,73,74)(H,75,76)(H,86,87)/t28-,29-,30-,31-,32-,33-,34-,35-,36-,37-/m0/s1. The van der Waals surface area contributed by atoms with Crippen LogP contribution in [0.5, 0.6) is 0 Å². The third-order valence-corrected chi connectivity index (χ3v) is 12.8. The van der Waals surface area contributed by atoms with Crippen LogP contribution in [0.3, 0.4) is 0 Å². The van der Waals surface area contributed by atoms with E-state index in [4.69, 9.17) is 28.0 Å². The van der Waals surface area contributed by atoms with Crippen molar-refractivity contribution >= 4 is 94.8 Å². The molecule has 22 N–H and O–H groups in total. The average Bonchev–Trinajstić information content (AvgIpc) is 3.56. The Morgan fingerprint density at radius 2 is 0.586 bits per heavy atom. The van der Waals surface area contributed by atoms with Gasteiger partial charge < -0.3 is 96.3 Å². The van der Waals surface area contributed by atoms with Gasteiger partial charge in [-0.15, -0.1) is 0 Å². The van der Waals surface area contributed by atoms with E-state index in [0.717, 1.165) is 0 Å². The molecule has 0 spiro atoms. The number of nitrogens with one attached hydrogen (secondary N) is 9. The second-order valence-electron chi connectivity index (χ2n) is 22.1.